The van der Waals surface area contributed by atoms with Gasteiger partial charge in [-0.25, -0.2) is 0 Å². The molecule has 1 aliphatic carbocycles. The van der Waals surface area contributed by atoms with Crippen molar-refractivity contribution < 1.29 is 9.90 Å². The van der Waals surface area contributed by atoms with E-state index in [1.807, 2.05) is 0 Å². The van der Waals surface area contributed by atoms with Gasteiger partial charge < -0.3 is 5.11 Å². The standard InChI is InChI=1S/C10H11BrN2O2/c11-7-3-6(4-12-5-7)9(10(14)15)13-8-1-2-8/h3-5,8-9,13H,1-2H2,(H,14,15). The van der Waals surface area contributed by atoms with Crippen LogP contribution in [0.5, 0.6) is 0 Å². The summed E-state index contributed by atoms with van der Waals surface area (Å²) in [6.45, 7) is 0. The number of nitrogens with zero attached hydrogens (tertiary/aromatic N) is 1. The van der Waals surface area contributed by atoms with E-state index in [1.165, 1.54) is 0 Å². The molecule has 1 aliphatic rings. The molecule has 0 aromatic carbocycles. The van der Waals surface area contributed by atoms with Crippen LogP contribution in [0.4, 0.5) is 0 Å². The molecule has 80 valence electrons. The summed E-state index contributed by atoms with van der Waals surface area (Å²) >= 11 is 3.28. The quantitative estimate of drug-likeness (QED) is 0.875. The lowest BCUT2D eigenvalue weighted by Gasteiger charge is -2.13. The Morgan fingerprint density at radius 1 is 1.60 bits per heavy atom. The van der Waals surface area contributed by atoms with Gasteiger partial charge in [0, 0.05) is 22.9 Å². The minimum atomic E-state index is -0.859. The first-order valence-electron chi connectivity index (χ1n) is 4.76. The number of carboxylic acid groups (broad SMARTS) is 1. The van der Waals surface area contributed by atoms with Crippen molar-refractivity contribution in [1.82, 2.24) is 10.3 Å². The molecule has 0 amide bonds. The van der Waals surface area contributed by atoms with Gasteiger partial charge in [0.1, 0.15) is 6.04 Å². The number of hydrogen-bond donors (Lipinski definition) is 2. The average Bonchev–Trinajstić information content (AvgIpc) is 2.97. The third kappa shape index (κ3) is 2.76. The van der Waals surface area contributed by atoms with Crippen LogP contribution in [0.25, 0.3) is 0 Å². The van der Waals surface area contributed by atoms with Crippen LogP contribution in [0.1, 0.15) is 24.4 Å². The summed E-state index contributed by atoms with van der Waals surface area (Å²) in [4.78, 5) is 15.0. The van der Waals surface area contributed by atoms with Crippen LogP contribution in [-0.2, 0) is 4.79 Å². The van der Waals surface area contributed by atoms with Crippen molar-refractivity contribution >= 4 is 21.9 Å². The number of halogens is 1. The first kappa shape index (κ1) is 10.6. The van der Waals surface area contributed by atoms with E-state index in [-0.39, 0.29) is 0 Å². The fourth-order valence-electron chi connectivity index (χ4n) is 1.38. The maximum absolute atomic E-state index is 11.1. The highest BCUT2D eigenvalue weighted by molar-refractivity contribution is 9.10. The van der Waals surface area contributed by atoms with E-state index in [0.29, 0.717) is 11.6 Å². The third-order valence-corrected chi connectivity index (χ3v) is 2.72. The molecule has 1 atom stereocenters. The number of hydrogen-bond acceptors (Lipinski definition) is 3. The zero-order chi connectivity index (χ0) is 10.8. The topological polar surface area (TPSA) is 62.2 Å². The predicted octanol–water partition coefficient (Wildman–Crippen LogP) is 1.72. The Balaban J connectivity index is 2.18. The van der Waals surface area contributed by atoms with E-state index >= 15 is 0 Å². The molecule has 1 fully saturated rings. The summed E-state index contributed by atoms with van der Waals surface area (Å²) in [5.41, 5.74) is 0.684. The van der Waals surface area contributed by atoms with Crippen molar-refractivity contribution in [3.8, 4) is 0 Å². The number of carboxylic acids is 1. The SMILES string of the molecule is O=C(O)C(NC1CC1)c1cncc(Br)c1. The Hall–Kier alpha value is -0.940. The molecule has 2 rings (SSSR count). The normalized spacial score (nSPS) is 17.4. The van der Waals surface area contributed by atoms with E-state index in [0.717, 1.165) is 17.3 Å². The Kier molecular flexibility index (Phi) is 3.02. The first-order valence-corrected chi connectivity index (χ1v) is 5.55. The van der Waals surface area contributed by atoms with Crippen molar-refractivity contribution in [2.45, 2.75) is 24.9 Å². The van der Waals surface area contributed by atoms with Crippen molar-refractivity contribution in [1.29, 1.82) is 0 Å². The largest absolute Gasteiger partial charge is 0.480 e. The van der Waals surface area contributed by atoms with Crippen molar-refractivity contribution in [2.24, 2.45) is 0 Å². The maximum Gasteiger partial charge on any atom is 0.325 e. The van der Waals surface area contributed by atoms with E-state index in [4.69, 9.17) is 5.11 Å². The van der Waals surface area contributed by atoms with Gasteiger partial charge in [-0.1, -0.05) is 0 Å². The molecule has 1 aromatic rings. The van der Waals surface area contributed by atoms with Crippen LogP contribution in [0, 0.1) is 0 Å². The van der Waals surface area contributed by atoms with E-state index in [9.17, 15) is 4.79 Å². The highest BCUT2D eigenvalue weighted by Crippen LogP contribution is 2.25. The second kappa shape index (κ2) is 4.28. The molecular weight excluding hydrogens is 260 g/mol. The molecule has 0 bridgehead atoms. The van der Waals surface area contributed by atoms with Crippen LogP contribution >= 0.6 is 15.9 Å². The molecule has 0 saturated heterocycles. The summed E-state index contributed by atoms with van der Waals surface area (Å²) < 4.78 is 0.795. The van der Waals surface area contributed by atoms with Crippen LogP contribution in [-0.4, -0.2) is 22.1 Å². The van der Waals surface area contributed by atoms with Gasteiger partial charge in [-0.3, -0.25) is 15.1 Å². The molecule has 1 aromatic heterocycles. The van der Waals surface area contributed by atoms with Gasteiger partial charge in [0.05, 0.1) is 0 Å². The highest BCUT2D eigenvalue weighted by Gasteiger charge is 2.29. The van der Waals surface area contributed by atoms with Crippen LogP contribution in [0.3, 0.4) is 0 Å². The zero-order valence-electron chi connectivity index (χ0n) is 7.98. The van der Waals surface area contributed by atoms with Crippen molar-refractivity contribution in [2.75, 3.05) is 0 Å². The zero-order valence-corrected chi connectivity index (χ0v) is 9.57. The monoisotopic (exact) mass is 270 g/mol. The summed E-state index contributed by atoms with van der Waals surface area (Å²) in [5, 5.41) is 12.2. The molecular formula is C10H11BrN2O2. The van der Waals surface area contributed by atoms with Gasteiger partial charge in [0.25, 0.3) is 0 Å². The van der Waals surface area contributed by atoms with Gasteiger partial charge in [-0.15, -0.1) is 0 Å². The van der Waals surface area contributed by atoms with Gasteiger partial charge >= 0.3 is 5.97 Å². The maximum atomic E-state index is 11.1. The van der Waals surface area contributed by atoms with Crippen LogP contribution in [0.15, 0.2) is 22.9 Å². The fourth-order valence-corrected chi connectivity index (χ4v) is 1.76. The molecule has 4 nitrogen and oxygen atoms in total. The number of pyridine rings is 1. The Morgan fingerprint density at radius 3 is 2.87 bits per heavy atom. The highest BCUT2D eigenvalue weighted by atomic mass is 79.9. The predicted molar refractivity (Wildman–Crippen MR) is 58.5 cm³/mol. The second-order valence-electron chi connectivity index (χ2n) is 3.65. The van der Waals surface area contributed by atoms with Gasteiger partial charge in [-0.05, 0) is 40.4 Å². The number of rotatable bonds is 4. The van der Waals surface area contributed by atoms with Crippen LogP contribution in [0.2, 0.25) is 0 Å². The van der Waals surface area contributed by atoms with Gasteiger partial charge in [0.2, 0.25) is 0 Å². The van der Waals surface area contributed by atoms with Crippen molar-refractivity contribution in [3.05, 3.63) is 28.5 Å². The molecule has 5 heteroatoms. The van der Waals surface area contributed by atoms with Gasteiger partial charge in [0.15, 0.2) is 0 Å². The smallest absolute Gasteiger partial charge is 0.325 e. The average molecular weight is 271 g/mol. The fraction of sp³-hybridized carbons (Fsp3) is 0.400. The Labute approximate surface area is 95.8 Å². The van der Waals surface area contributed by atoms with E-state index in [1.54, 1.807) is 18.5 Å². The number of aromatic nitrogens is 1. The summed E-state index contributed by atoms with van der Waals surface area (Å²) in [5.74, 6) is -0.859. The molecule has 1 heterocycles. The minimum Gasteiger partial charge on any atom is -0.480 e. The molecule has 1 saturated carbocycles. The molecule has 15 heavy (non-hydrogen) atoms. The lowest BCUT2D eigenvalue weighted by molar-refractivity contribution is -0.139. The first-order chi connectivity index (χ1) is 7.16. The van der Waals surface area contributed by atoms with E-state index < -0.39 is 12.0 Å². The molecule has 0 aliphatic heterocycles. The summed E-state index contributed by atoms with van der Waals surface area (Å²) in [7, 11) is 0. The Morgan fingerprint density at radius 2 is 2.33 bits per heavy atom. The second-order valence-corrected chi connectivity index (χ2v) is 4.56. The minimum absolute atomic E-state index is 0.352. The molecule has 2 N–H and O–H groups in total. The van der Waals surface area contributed by atoms with Gasteiger partial charge in [-0.2, -0.15) is 0 Å². The number of aliphatic carboxylic acids is 1. The van der Waals surface area contributed by atoms with E-state index in [2.05, 4.69) is 26.2 Å². The Bertz CT molecular complexity index is 379. The third-order valence-electron chi connectivity index (χ3n) is 2.29. The lowest BCUT2D eigenvalue weighted by Crippen LogP contribution is -2.30. The molecule has 1 unspecified atom stereocenters. The molecule has 0 spiro atoms. The summed E-state index contributed by atoms with van der Waals surface area (Å²) in [6, 6.07) is 1.48. The number of nitrogens with one attached hydrogen (secondary N) is 1. The lowest BCUT2D eigenvalue weighted by atomic mass is 10.1. The summed E-state index contributed by atoms with van der Waals surface area (Å²) in [6.07, 6.45) is 5.34. The van der Waals surface area contributed by atoms with Crippen molar-refractivity contribution in [3.63, 3.8) is 0 Å². The van der Waals surface area contributed by atoms with Crippen LogP contribution < -0.4 is 5.32 Å². The molecule has 0 radical (unpaired) electrons. The number of carbonyl (C=O) groups is 1.